The van der Waals surface area contributed by atoms with E-state index < -0.39 is 89.0 Å². The van der Waals surface area contributed by atoms with Gasteiger partial charge in [0.1, 0.15) is 17.5 Å². The first-order chi connectivity index (χ1) is 25.6. The maximum absolute atomic E-state index is 13.5. The summed E-state index contributed by atoms with van der Waals surface area (Å²) in [7, 11) is 0. The third-order valence-corrected chi connectivity index (χ3v) is 12.9. The lowest BCUT2D eigenvalue weighted by molar-refractivity contribution is -0.347. The normalized spacial score (nSPS) is 46.1. The minimum absolute atomic E-state index is 0.144. The number of hydrogen-bond acceptors (Lipinski definition) is 11. The van der Waals surface area contributed by atoms with Gasteiger partial charge in [0.05, 0.1) is 36.6 Å². The fraction of sp³-hybridized carbons (Fsp3) is 0.795. The zero-order chi connectivity index (χ0) is 41.4. The standard InChI is InChI=1S/C44H72O11/c1-11-33-16-14-12-13-15-27(4)41(50)43(10,52)42(51)32(9)40(49)31(8)39(48)30(7)38(47)26(3)17-20-37(46)53-36-24-44(54-34(19-18-33)29(36)6)22-21-25(2)35(55-44)23-28(5)45/h12-14,16-17,20,25-36,38,40-41,45,47,49-50,52H,11,15,18-19,21-24H2,1-10H3/b13-12-,16-14+,20-17+/t25-,26-,27+,28+,29+,30-,31-,32-,33-,34-,35-,36-,38+,40+,41-,43+,44-/m0/s1. The van der Waals surface area contributed by atoms with Crippen molar-refractivity contribution in [2.75, 3.05) is 0 Å². The molecule has 55 heavy (non-hydrogen) atoms. The SMILES string of the molecule is CC[C@H]1/C=C/C=C\C[C@@H](C)[C@H](O)[C@@](C)(O)C(=O)[C@@H](C)[C@H](O)[C@@H](C)C(=O)[C@@H](C)[C@H](O)[C@@H](C)/C=C/C(=O)O[C@H]2C[C@@]3(CC[C@H](C)[C@H](C[C@@H](C)O)O3)O[C@@H](CC1)[C@H]2C. The Hall–Kier alpha value is -2.25. The van der Waals surface area contributed by atoms with Crippen LogP contribution >= 0.6 is 0 Å². The lowest BCUT2D eigenvalue weighted by Gasteiger charge is -2.52. The average Bonchev–Trinajstić information content (AvgIpc) is 3.14. The van der Waals surface area contributed by atoms with Crippen LogP contribution in [0.1, 0.15) is 121 Å². The van der Waals surface area contributed by atoms with E-state index in [0.717, 1.165) is 19.3 Å². The molecular weight excluding hydrogens is 704 g/mol. The number of carbonyl (C=O) groups is 3. The zero-order valence-electron chi connectivity index (χ0n) is 35.0. The van der Waals surface area contributed by atoms with Crippen LogP contribution in [0.15, 0.2) is 36.5 Å². The lowest BCUT2D eigenvalue weighted by Crippen LogP contribution is -2.57. The number of ketones is 2. The van der Waals surface area contributed by atoms with E-state index in [9.17, 15) is 39.9 Å². The van der Waals surface area contributed by atoms with Crippen LogP contribution in [-0.4, -0.2) is 97.2 Å². The molecule has 0 aliphatic carbocycles. The molecule has 3 heterocycles. The number of hydrogen-bond donors (Lipinski definition) is 5. The minimum Gasteiger partial charge on any atom is -0.459 e. The number of aliphatic hydroxyl groups is 5. The molecule has 2 bridgehead atoms. The van der Waals surface area contributed by atoms with Gasteiger partial charge in [0.25, 0.3) is 0 Å². The molecular formula is C44H72O11. The number of ether oxygens (including phenoxy) is 3. The minimum atomic E-state index is -2.18. The van der Waals surface area contributed by atoms with Gasteiger partial charge in [-0.05, 0) is 70.1 Å². The van der Waals surface area contributed by atoms with E-state index in [0.29, 0.717) is 32.1 Å². The summed E-state index contributed by atoms with van der Waals surface area (Å²) in [6, 6.07) is 0. The summed E-state index contributed by atoms with van der Waals surface area (Å²) in [6.45, 7) is 17.1. The zero-order valence-corrected chi connectivity index (χ0v) is 35.0. The van der Waals surface area contributed by atoms with Crippen LogP contribution in [0.2, 0.25) is 0 Å². The lowest BCUT2D eigenvalue weighted by atomic mass is 9.75. The molecule has 11 nitrogen and oxygen atoms in total. The molecule has 0 amide bonds. The van der Waals surface area contributed by atoms with Gasteiger partial charge >= 0.3 is 5.97 Å². The predicted octanol–water partition coefficient (Wildman–Crippen LogP) is 5.64. The van der Waals surface area contributed by atoms with Crippen molar-refractivity contribution < 1.29 is 54.1 Å². The van der Waals surface area contributed by atoms with Gasteiger partial charge in [0, 0.05) is 48.5 Å². The smallest absolute Gasteiger partial charge is 0.330 e. The highest BCUT2D eigenvalue weighted by Crippen LogP contribution is 2.46. The van der Waals surface area contributed by atoms with Crippen molar-refractivity contribution in [3.05, 3.63) is 36.5 Å². The van der Waals surface area contributed by atoms with Crippen LogP contribution in [0.4, 0.5) is 0 Å². The fourth-order valence-electron chi connectivity index (χ4n) is 8.60. The largest absolute Gasteiger partial charge is 0.459 e. The molecule has 0 radical (unpaired) electrons. The summed E-state index contributed by atoms with van der Waals surface area (Å²) >= 11 is 0. The van der Waals surface area contributed by atoms with Gasteiger partial charge in [-0.15, -0.1) is 0 Å². The van der Waals surface area contributed by atoms with Crippen LogP contribution < -0.4 is 0 Å². The molecule has 2 fully saturated rings. The summed E-state index contributed by atoms with van der Waals surface area (Å²) in [5, 5.41) is 54.9. The molecule has 3 aliphatic rings. The predicted molar refractivity (Wildman–Crippen MR) is 210 cm³/mol. The molecule has 0 aromatic heterocycles. The second kappa shape index (κ2) is 20.4. The second-order valence-corrected chi connectivity index (χ2v) is 17.6. The van der Waals surface area contributed by atoms with Gasteiger partial charge in [0.2, 0.25) is 0 Å². The average molecular weight is 777 g/mol. The van der Waals surface area contributed by atoms with E-state index in [4.69, 9.17) is 14.2 Å². The molecule has 314 valence electrons. The van der Waals surface area contributed by atoms with Crippen molar-refractivity contribution in [1.82, 2.24) is 0 Å². The van der Waals surface area contributed by atoms with E-state index in [1.165, 1.54) is 39.8 Å². The maximum Gasteiger partial charge on any atom is 0.330 e. The van der Waals surface area contributed by atoms with Gasteiger partial charge in [-0.1, -0.05) is 85.8 Å². The van der Waals surface area contributed by atoms with Crippen molar-refractivity contribution in [1.29, 1.82) is 0 Å². The maximum atomic E-state index is 13.5. The highest BCUT2D eigenvalue weighted by molar-refractivity contribution is 5.91. The molecule has 0 unspecified atom stereocenters. The Balaban J connectivity index is 1.95. The summed E-state index contributed by atoms with van der Waals surface area (Å²) in [5.41, 5.74) is -2.18. The molecule has 2 saturated heterocycles. The summed E-state index contributed by atoms with van der Waals surface area (Å²) in [5.74, 6) is -6.86. The topological polar surface area (TPSA) is 180 Å². The van der Waals surface area contributed by atoms with E-state index in [1.807, 2.05) is 25.2 Å². The Morgan fingerprint density at radius 2 is 1.49 bits per heavy atom. The second-order valence-electron chi connectivity index (χ2n) is 17.6. The Bertz CT molecular complexity index is 1350. The molecule has 3 rings (SSSR count). The number of carbonyl (C=O) groups excluding carboxylic acids is 3. The third-order valence-electron chi connectivity index (χ3n) is 12.9. The number of allylic oxidation sites excluding steroid dienone is 4. The first-order valence-corrected chi connectivity index (χ1v) is 20.8. The highest BCUT2D eigenvalue weighted by atomic mass is 16.7. The van der Waals surface area contributed by atoms with E-state index in [1.54, 1.807) is 20.8 Å². The van der Waals surface area contributed by atoms with Crippen LogP contribution in [0, 0.1) is 47.3 Å². The summed E-state index contributed by atoms with van der Waals surface area (Å²) < 4.78 is 19.7. The van der Waals surface area contributed by atoms with E-state index >= 15 is 0 Å². The monoisotopic (exact) mass is 777 g/mol. The molecule has 1 spiro atoms. The quantitative estimate of drug-likeness (QED) is 0.224. The number of fused-ring (bicyclic) bond motifs is 2. The molecule has 0 aromatic carbocycles. The molecule has 17 atom stereocenters. The first-order valence-electron chi connectivity index (χ1n) is 20.8. The molecule has 0 aromatic rings. The third kappa shape index (κ3) is 12.1. The molecule has 5 N–H and O–H groups in total. The Kier molecular flexibility index (Phi) is 17.5. The Morgan fingerprint density at radius 3 is 2.13 bits per heavy atom. The summed E-state index contributed by atoms with van der Waals surface area (Å²) in [4.78, 5) is 40.3. The van der Waals surface area contributed by atoms with Crippen molar-refractivity contribution in [2.45, 2.75) is 175 Å². The van der Waals surface area contributed by atoms with Crippen LogP contribution in [0.25, 0.3) is 0 Å². The fourth-order valence-corrected chi connectivity index (χ4v) is 8.60. The van der Waals surface area contributed by atoms with Crippen LogP contribution in [0.3, 0.4) is 0 Å². The van der Waals surface area contributed by atoms with E-state index in [2.05, 4.69) is 19.9 Å². The molecule has 3 aliphatic heterocycles. The van der Waals surface area contributed by atoms with Crippen molar-refractivity contribution in [3.63, 3.8) is 0 Å². The molecule has 0 saturated carbocycles. The van der Waals surface area contributed by atoms with E-state index in [-0.39, 0.29) is 30.0 Å². The highest BCUT2D eigenvalue weighted by Gasteiger charge is 2.51. The van der Waals surface area contributed by atoms with Crippen LogP contribution in [0.5, 0.6) is 0 Å². The van der Waals surface area contributed by atoms with Gasteiger partial charge in [-0.25, -0.2) is 4.79 Å². The Labute approximate surface area is 329 Å². The number of Topliss-reactive ketones (excluding diaryl/α,β-unsaturated/α-hetero) is 2. The summed E-state index contributed by atoms with van der Waals surface area (Å²) in [6.07, 6.45) is 10.1. The van der Waals surface area contributed by atoms with Crippen LogP contribution in [-0.2, 0) is 28.6 Å². The first kappa shape index (κ1) is 47.1. The number of rotatable bonds is 3. The molecule has 11 heteroatoms. The van der Waals surface area contributed by atoms with Crippen molar-refractivity contribution >= 4 is 17.5 Å². The number of aliphatic hydroxyl groups excluding tert-OH is 4. The Morgan fingerprint density at radius 1 is 0.836 bits per heavy atom. The van der Waals surface area contributed by atoms with Crippen molar-refractivity contribution in [2.24, 2.45) is 47.3 Å². The van der Waals surface area contributed by atoms with Crippen molar-refractivity contribution in [3.8, 4) is 0 Å². The van der Waals surface area contributed by atoms with Gasteiger partial charge in [-0.2, -0.15) is 0 Å². The van der Waals surface area contributed by atoms with Gasteiger partial charge in [-0.3, -0.25) is 9.59 Å². The van der Waals surface area contributed by atoms with Gasteiger partial charge in [0.15, 0.2) is 11.6 Å². The number of esters is 1. The van der Waals surface area contributed by atoms with Gasteiger partial charge < -0.3 is 39.7 Å².